The van der Waals surface area contributed by atoms with Crippen molar-refractivity contribution >= 4 is 21.8 Å². The van der Waals surface area contributed by atoms with Gasteiger partial charge >= 0.3 is 0 Å². The van der Waals surface area contributed by atoms with E-state index in [2.05, 4.69) is 21.4 Å². The van der Waals surface area contributed by atoms with Crippen LogP contribution in [0.25, 0.3) is 0 Å². The molecule has 1 N–H and O–H groups in total. The molecule has 1 aromatic carbocycles. The van der Waals surface area contributed by atoms with E-state index in [1.165, 1.54) is 18.2 Å². The molecule has 0 aliphatic carbocycles. The largest absolute Gasteiger partial charge is 0.379 e. The number of benzene rings is 1. The van der Waals surface area contributed by atoms with Gasteiger partial charge in [-0.15, -0.1) is 0 Å². The summed E-state index contributed by atoms with van der Waals surface area (Å²) in [5.41, 5.74) is 3.01. The molecule has 1 fully saturated rings. The second kappa shape index (κ2) is 5.57. The first-order valence-electron chi connectivity index (χ1n) is 5.25. The van der Waals surface area contributed by atoms with Gasteiger partial charge in [-0.2, -0.15) is 0 Å². The summed E-state index contributed by atoms with van der Waals surface area (Å²) in [5, 5.41) is 1.77. The predicted molar refractivity (Wildman–Crippen MR) is 64.0 cm³/mol. The van der Waals surface area contributed by atoms with Crippen molar-refractivity contribution in [2.24, 2.45) is 0 Å². The number of hydrogen-bond acceptors (Lipinski definition) is 3. The third kappa shape index (κ3) is 3.24. The van der Waals surface area contributed by atoms with Gasteiger partial charge in [0.25, 0.3) is 5.91 Å². The molecule has 0 unspecified atom stereocenters. The normalized spacial score (nSPS) is 16.8. The monoisotopic (exact) mass is 302 g/mol. The first kappa shape index (κ1) is 12.5. The molecule has 1 amide bonds. The van der Waals surface area contributed by atoms with E-state index in [4.69, 9.17) is 4.74 Å². The van der Waals surface area contributed by atoms with Crippen LogP contribution < -0.4 is 5.43 Å². The number of hydrazine groups is 1. The van der Waals surface area contributed by atoms with Crippen molar-refractivity contribution in [3.63, 3.8) is 0 Å². The fourth-order valence-electron chi connectivity index (χ4n) is 1.55. The standard InChI is InChI=1S/C11H12BrFN2O2/c12-10-2-1-8(13)7-9(10)11(16)14-15-3-5-17-6-4-15/h1-2,7H,3-6H2,(H,14,16). The Morgan fingerprint density at radius 2 is 2.12 bits per heavy atom. The van der Waals surface area contributed by atoms with Gasteiger partial charge in [0, 0.05) is 17.6 Å². The Morgan fingerprint density at radius 1 is 1.41 bits per heavy atom. The van der Waals surface area contributed by atoms with Crippen LogP contribution >= 0.6 is 15.9 Å². The van der Waals surface area contributed by atoms with Gasteiger partial charge in [-0.05, 0) is 34.1 Å². The number of halogens is 2. The van der Waals surface area contributed by atoms with Gasteiger partial charge in [0.15, 0.2) is 0 Å². The van der Waals surface area contributed by atoms with Gasteiger partial charge in [-0.3, -0.25) is 10.2 Å². The number of hydrogen-bond donors (Lipinski definition) is 1. The minimum absolute atomic E-state index is 0.288. The maximum atomic E-state index is 13.1. The quantitative estimate of drug-likeness (QED) is 0.901. The molecule has 0 spiro atoms. The second-order valence-electron chi connectivity index (χ2n) is 3.66. The summed E-state index contributed by atoms with van der Waals surface area (Å²) in [4.78, 5) is 11.9. The number of amides is 1. The Bertz CT molecular complexity index is 422. The minimum Gasteiger partial charge on any atom is -0.379 e. The smallest absolute Gasteiger partial charge is 0.266 e. The Labute approximate surface area is 107 Å². The molecule has 6 heteroatoms. The van der Waals surface area contributed by atoms with E-state index < -0.39 is 5.82 Å². The molecule has 17 heavy (non-hydrogen) atoms. The van der Waals surface area contributed by atoms with Crippen molar-refractivity contribution in [2.45, 2.75) is 0 Å². The summed E-state index contributed by atoms with van der Waals surface area (Å²) in [5.74, 6) is -0.751. The summed E-state index contributed by atoms with van der Waals surface area (Å²) < 4.78 is 18.8. The molecule has 92 valence electrons. The lowest BCUT2D eigenvalue weighted by atomic mass is 10.2. The highest BCUT2D eigenvalue weighted by atomic mass is 79.9. The third-order valence-electron chi connectivity index (χ3n) is 2.44. The van der Waals surface area contributed by atoms with Crippen LogP contribution in [0.15, 0.2) is 22.7 Å². The molecule has 1 heterocycles. The average molecular weight is 303 g/mol. The third-order valence-corrected chi connectivity index (χ3v) is 3.14. The number of nitrogens with one attached hydrogen (secondary N) is 1. The molecule has 1 aliphatic rings. The van der Waals surface area contributed by atoms with Crippen molar-refractivity contribution in [1.82, 2.24) is 10.4 Å². The van der Waals surface area contributed by atoms with Crippen LogP contribution in [0.2, 0.25) is 0 Å². The van der Waals surface area contributed by atoms with E-state index in [0.29, 0.717) is 30.8 Å². The van der Waals surface area contributed by atoms with E-state index >= 15 is 0 Å². The molecule has 2 rings (SSSR count). The molecule has 0 radical (unpaired) electrons. The van der Waals surface area contributed by atoms with Crippen LogP contribution in [-0.2, 0) is 4.74 Å². The zero-order valence-corrected chi connectivity index (χ0v) is 10.7. The van der Waals surface area contributed by atoms with Crippen molar-refractivity contribution in [2.75, 3.05) is 26.3 Å². The zero-order chi connectivity index (χ0) is 12.3. The zero-order valence-electron chi connectivity index (χ0n) is 9.08. The number of nitrogens with zero attached hydrogens (tertiary/aromatic N) is 1. The Kier molecular flexibility index (Phi) is 4.09. The maximum Gasteiger partial charge on any atom is 0.266 e. The Hall–Kier alpha value is -0.980. The van der Waals surface area contributed by atoms with E-state index in [0.717, 1.165) is 0 Å². The second-order valence-corrected chi connectivity index (χ2v) is 4.52. The molecular formula is C11H12BrFN2O2. The SMILES string of the molecule is O=C(NN1CCOCC1)c1cc(F)ccc1Br. The van der Waals surface area contributed by atoms with Gasteiger partial charge in [-0.1, -0.05) is 0 Å². The summed E-state index contributed by atoms with van der Waals surface area (Å²) in [6.07, 6.45) is 0. The summed E-state index contributed by atoms with van der Waals surface area (Å²) in [6, 6.07) is 4.03. The number of morpholine rings is 1. The first-order chi connectivity index (χ1) is 8.16. The van der Waals surface area contributed by atoms with Crippen molar-refractivity contribution < 1.29 is 13.9 Å². The fourth-order valence-corrected chi connectivity index (χ4v) is 1.98. The highest BCUT2D eigenvalue weighted by molar-refractivity contribution is 9.10. The van der Waals surface area contributed by atoms with Crippen LogP contribution in [0.4, 0.5) is 4.39 Å². The van der Waals surface area contributed by atoms with Gasteiger partial charge in [0.1, 0.15) is 5.82 Å². The maximum absolute atomic E-state index is 13.1. The number of rotatable bonds is 2. The Balaban J connectivity index is 2.05. The first-order valence-corrected chi connectivity index (χ1v) is 6.05. The van der Waals surface area contributed by atoms with Crippen molar-refractivity contribution in [1.29, 1.82) is 0 Å². The van der Waals surface area contributed by atoms with Gasteiger partial charge in [0.05, 0.1) is 18.8 Å². The lowest BCUT2D eigenvalue weighted by Gasteiger charge is -2.27. The summed E-state index contributed by atoms with van der Waals surface area (Å²) in [6.45, 7) is 2.45. The summed E-state index contributed by atoms with van der Waals surface area (Å²) >= 11 is 3.23. The molecule has 4 nitrogen and oxygen atoms in total. The van der Waals surface area contributed by atoms with Crippen LogP contribution in [0, 0.1) is 5.82 Å². The topological polar surface area (TPSA) is 41.6 Å². The van der Waals surface area contributed by atoms with E-state index in [1.807, 2.05) is 0 Å². The van der Waals surface area contributed by atoms with Crippen LogP contribution in [0.1, 0.15) is 10.4 Å². The number of ether oxygens (including phenoxy) is 1. The lowest BCUT2D eigenvalue weighted by Crippen LogP contribution is -2.48. The molecule has 0 aromatic heterocycles. The van der Waals surface area contributed by atoms with Gasteiger partial charge in [-0.25, -0.2) is 9.40 Å². The molecule has 0 atom stereocenters. The highest BCUT2D eigenvalue weighted by Gasteiger charge is 2.16. The fraction of sp³-hybridized carbons (Fsp3) is 0.364. The molecule has 1 aromatic rings. The molecule has 0 bridgehead atoms. The lowest BCUT2D eigenvalue weighted by molar-refractivity contribution is 0.0126. The van der Waals surface area contributed by atoms with Gasteiger partial charge in [0.2, 0.25) is 0 Å². The highest BCUT2D eigenvalue weighted by Crippen LogP contribution is 2.17. The number of carbonyl (C=O) groups excluding carboxylic acids is 1. The van der Waals surface area contributed by atoms with Crippen LogP contribution in [0.3, 0.4) is 0 Å². The molecule has 1 saturated heterocycles. The van der Waals surface area contributed by atoms with Crippen LogP contribution in [-0.4, -0.2) is 37.2 Å². The minimum atomic E-state index is -0.430. The summed E-state index contributed by atoms with van der Waals surface area (Å²) in [7, 11) is 0. The van der Waals surface area contributed by atoms with Crippen molar-refractivity contribution in [3.8, 4) is 0 Å². The van der Waals surface area contributed by atoms with Crippen molar-refractivity contribution in [3.05, 3.63) is 34.1 Å². The predicted octanol–water partition coefficient (Wildman–Crippen LogP) is 1.57. The number of carbonyl (C=O) groups is 1. The molecular weight excluding hydrogens is 291 g/mol. The average Bonchev–Trinajstić information content (AvgIpc) is 2.33. The van der Waals surface area contributed by atoms with E-state index in [1.54, 1.807) is 5.01 Å². The molecule has 0 saturated carbocycles. The molecule has 1 aliphatic heterocycles. The van der Waals surface area contributed by atoms with E-state index in [-0.39, 0.29) is 11.5 Å². The van der Waals surface area contributed by atoms with E-state index in [9.17, 15) is 9.18 Å². The Morgan fingerprint density at radius 3 is 2.82 bits per heavy atom. The van der Waals surface area contributed by atoms with Gasteiger partial charge < -0.3 is 4.74 Å². The van der Waals surface area contributed by atoms with Crippen LogP contribution in [0.5, 0.6) is 0 Å².